The predicted octanol–water partition coefficient (Wildman–Crippen LogP) is 2.12. The molecule has 1 saturated heterocycles. The normalized spacial score (nSPS) is 20.7. The fraction of sp³-hybridized carbons (Fsp3) is 0.308. The molecule has 3 rings (SSSR count). The van der Waals surface area contributed by atoms with Crippen LogP contribution in [0.25, 0.3) is 0 Å². The number of benzene rings is 1. The number of barbiturate groups is 1. The number of anilines is 1. The zero-order valence-corrected chi connectivity index (χ0v) is 11.8. The molecule has 1 spiro atoms. The monoisotopic (exact) mass is 322 g/mol. The van der Waals surface area contributed by atoms with Crippen LogP contribution in [0.4, 0.5) is 10.5 Å². The van der Waals surface area contributed by atoms with Crippen LogP contribution in [0.1, 0.15) is 18.4 Å². The second-order valence-electron chi connectivity index (χ2n) is 4.92. The Morgan fingerprint density at radius 3 is 2.53 bits per heavy atom. The lowest BCUT2D eigenvalue weighted by atomic mass is 10.0. The zero-order chi connectivity index (χ0) is 13.8. The molecule has 1 saturated carbocycles. The van der Waals surface area contributed by atoms with Crippen molar-refractivity contribution in [3.05, 3.63) is 28.2 Å². The maximum absolute atomic E-state index is 12.4. The Bertz CT molecular complexity index is 622. The average Bonchev–Trinajstić information content (AvgIpc) is 3.13. The molecule has 1 heterocycles. The van der Waals surface area contributed by atoms with E-state index in [0.717, 1.165) is 14.9 Å². The summed E-state index contributed by atoms with van der Waals surface area (Å²) in [6, 6.07) is 4.54. The van der Waals surface area contributed by atoms with Gasteiger partial charge in [-0.05, 0) is 37.5 Å². The Labute approximate surface area is 118 Å². The van der Waals surface area contributed by atoms with E-state index in [1.54, 1.807) is 12.1 Å². The molecule has 2 aliphatic rings. The highest BCUT2D eigenvalue weighted by Crippen LogP contribution is 2.49. The van der Waals surface area contributed by atoms with Crippen molar-refractivity contribution in [1.29, 1.82) is 0 Å². The number of carbonyl (C=O) groups is 3. The summed E-state index contributed by atoms with van der Waals surface area (Å²) in [4.78, 5) is 37.0. The lowest BCUT2D eigenvalue weighted by Gasteiger charge is -2.30. The van der Waals surface area contributed by atoms with Crippen molar-refractivity contribution < 1.29 is 14.4 Å². The summed E-state index contributed by atoms with van der Waals surface area (Å²) in [5, 5.41) is 2.26. The summed E-state index contributed by atoms with van der Waals surface area (Å²) in [6.45, 7) is 1.91. The lowest BCUT2D eigenvalue weighted by Crippen LogP contribution is -2.59. The van der Waals surface area contributed by atoms with Gasteiger partial charge >= 0.3 is 6.03 Å². The molecule has 0 atom stereocenters. The number of halogens is 1. The molecule has 1 N–H and O–H groups in total. The molecule has 2 fully saturated rings. The van der Waals surface area contributed by atoms with Gasteiger partial charge in [-0.3, -0.25) is 14.9 Å². The predicted molar refractivity (Wildman–Crippen MR) is 71.6 cm³/mol. The first-order valence-corrected chi connectivity index (χ1v) is 6.71. The van der Waals surface area contributed by atoms with E-state index < -0.39 is 23.3 Å². The Morgan fingerprint density at radius 2 is 1.95 bits per heavy atom. The summed E-state index contributed by atoms with van der Waals surface area (Å²) >= 11 is 3.37. The molecule has 0 unspecified atom stereocenters. The highest BCUT2D eigenvalue weighted by Gasteiger charge is 2.62. The molecule has 5 nitrogen and oxygen atoms in total. The van der Waals surface area contributed by atoms with Crippen LogP contribution in [-0.2, 0) is 9.59 Å². The minimum absolute atomic E-state index is 0.419. The summed E-state index contributed by atoms with van der Waals surface area (Å²) in [5.74, 6) is -0.887. The van der Waals surface area contributed by atoms with E-state index in [0.29, 0.717) is 18.5 Å². The number of nitrogens with one attached hydrogen (secondary N) is 1. The highest BCUT2D eigenvalue weighted by atomic mass is 79.9. The second kappa shape index (κ2) is 3.90. The van der Waals surface area contributed by atoms with Crippen LogP contribution in [0.2, 0.25) is 0 Å². The van der Waals surface area contributed by atoms with Gasteiger partial charge < -0.3 is 0 Å². The smallest absolute Gasteiger partial charge is 0.276 e. The van der Waals surface area contributed by atoms with Gasteiger partial charge in [-0.2, -0.15) is 0 Å². The number of hydrogen-bond acceptors (Lipinski definition) is 3. The van der Waals surface area contributed by atoms with E-state index in [4.69, 9.17) is 0 Å². The summed E-state index contributed by atoms with van der Waals surface area (Å²) in [5.41, 5.74) is 0.468. The quantitative estimate of drug-likeness (QED) is 0.805. The van der Waals surface area contributed by atoms with Crippen molar-refractivity contribution >= 4 is 39.5 Å². The van der Waals surface area contributed by atoms with E-state index in [2.05, 4.69) is 21.2 Å². The molecule has 98 valence electrons. The molecule has 0 radical (unpaired) electrons. The topological polar surface area (TPSA) is 66.5 Å². The minimum Gasteiger partial charge on any atom is -0.276 e. The molecule has 1 aromatic carbocycles. The molecular formula is C13H11BrN2O3. The van der Waals surface area contributed by atoms with Gasteiger partial charge in [-0.15, -0.1) is 0 Å². The second-order valence-corrected chi connectivity index (χ2v) is 5.77. The molecule has 1 aliphatic heterocycles. The maximum atomic E-state index is 12.4. The molecule has 0 bridgehead atoms. The number of rotatable bonds is 1. The Morgan fingerprint density at radius 1 is 1.26 bits per heavy atom. The lowest BCUT2D eigenvalue weighted by molar-refractivity contribution is -0.136. The van der Waals surface area contributed by atoms with Gasteiger partial charge in [0.1, 0.15) is 5.41 Å². The first kappa shape index (κ1) is 12.3. The number of amides is 4. The van der Waals surface area contributed by atoms with E-state index in [-0.39, 0.29) is 0 Å². The maximum Gasteiger partial charge on any atom is 0.335 e. The SMILES string of the molecule is Cc1ccc(N2C(=O)NC(=O)C3(CC3)C2=O)cc1Br. The number of aryl methyl sites for hydroxylation is 1. The van der Waals surface area contributed by atoms with Gasteiger partial charge in [0, 0.05) is 4.47 Å². The molecular weight excluding hydrogens is 312 g/mol. The molecule has 1 aromatic rings. The van der Waals surface area contributed by atoms with Crippen molar-refractivity contribution in [3.8, 4) is 0 Å². The van der Waals surface area contributed by atoms with Crippen molar-refractivity contribution in [2.24, 2.45) is 5.41 Å². The Hall–Kier alpha value is -1.69. The van der Waals surface area contributed by atoms with Crippen molar-refractivity contribution in [2.45, 2.75) is 19.8 Å². The largest absolute Gasteiger partial charge is 0.335 e. The van der Waals surface area contributed by atoms with Crippen molar-refractivity contribution in [1.82, 2.24) is 5.32 Å². The van der Waals surface area contributed by atoms with Gasteiger partial charge in [0.2, 0.25) is 5.91 Å². The van der Waals surface area contributed by atoms with Crippen LogP contribution in [-0.4, -0.2) is 17.8 Å². The number of hydrogen-bond donors (Lipinski definition) is 1. The first-order chi connectivity index (χ1) is 8.95. The highest BCUT2D eigenvalue weighted by molar-refractivity contribution is 9.10. The number of carbonyl (C=O) groups excluding carboxylic acids is 3. The van der Waals surface area contributed by atoms with Crippen LogP contribution in [0.5, 0.6) is 0 Å². The Kier molecular flexibility index (Phi) is 2.53. The summed E-state index contributed by atoms with van der Waals surface area (Å²) in [6.07, 6.45) is 1.02. The van der Waals surface area contributed by atoms with Crippen molar-refractivity contribution in [3.63, 3.8) is 0 Å². The van der Waals surface area contributed by atoms with Gasteiger partial charge in [-0.25, -0.2) is 9.69 Å². The Balaban J connectivity index is 2.03. The summed E-state index contributed by atoms with van der Waals surface area (Å²) in [7, 11) is 0. The third kappa shape index (κ3) is 1.70. The van der Waals surface area contributed by atoms with Crippen LogP contribution >= 0.6 is 15.9 Å². The minimum atomic E-state index is -1.01. The van der Waals surface area contributed by atoms with Crippen LogP contribution in [0.15, 0.2) is 22.7 Å². The fourth-order valence-electron chi connectivity index (χ4n) is 2.20. The number of urea groups is 1. The molecule has 1 aliphatic carbocycles. The van der Waals surface area contributed by atoms with E-state index in [1.807, 2.05) is 13.0 Å². The van der Waals surface area contributed by atoms with Crippen LogP contribution in [0, 0.1) is 12.3 Å². The fourth-order valence-corrected chi connectivity index (χ4v) is 2.56. The molecule has 6 heteroatoms. The van der Waals surface area contributed by atoms with E-state index in [1.165, 1.54) is 0 Å². The van der Waals surface area contributed by atoms with Crippen LogP contribution < -0.4 is 10.2 Å². The molecule has 4 amide bonds. The van der Waals surface area contributed by atoms with Crippen molar-refractivity contribution in [2.75, 3.05) is 4.90 Å². The zero-order valence-electron chi connectivity index (χ0n) is 10.2. The van der Waals surface area contributed by atoms with E-state index in [9.17, 15) is 14.4 Å². The standard InChI is InChI=1S/C13H11BrN2O3/c1-7-2-3-8(6-9(7)14)16-11(18)13(4-5-13)10(17)15-12(16)19/h2-3,6H,4-5H2,1H3,(H,15,17,19). The van der Waals surface area contributed by atoms with Gasteiger partial charge in [0.25, 0.3) is 5.91 Å². The average molecular weight is 323 g/mol. The molecule has 0 aromatic heterocycles. The molecule has 19 heavy (non-hydrogen) atoms. The number of nitrogens with zero attached hydrogens (tertiary/aromatic N) is 1. The van der Waals surface area contributed by atoms with E-state index >= 15 is 0 Å². The third-order valence-electron chi connectivity index (χ3n) is 3.63. The van der Waals surface area contributed by atoms with Crippen LogP contribution in [0.3, 0.4) is 0 Å². The summed E-state index contributed by atoms with van der Waals surface area (Å²) < 4.78 is 0.812. The number of imide groups is 2. The van der Waals surface area contributed by atoms with Gasteiger partial charge in [-0.1, -0.05) is 22.0 Å². The first-order valence-electron chi connectivity index (χ1n) is 5.92. The van der Waals surface area contributed by atoms with Gasteiger partial charge in [0.15, 0.2) is 0 Å². The third-order valence-corrected chi connectivity index (χ3v) is 4.49. The van der Waals surface area contributed by atoms with Gasteiger partial charge in [0.05, 0.1) is 5.69 Å².